The molecule has 4 heterocycles. The summed E-state index contributed by atoms with van der Waals surface area (Å²) in [5.74, 6) is -4.40. The number of amides is 2. The van der Waals surface area contributed by atoms with Gasteiger partial charge in [-0.25, -0.2) is 19.6 Å². The highest BCUT2D eigenvalue weighted by atomic mass is 32.2. The van der Waals surface area contributed by atoms with E-state index in [-0.39, 0.29) is 56.2 Å². The molecule has 2 fully saturated rings. The van der Waals surface area contributed by atoms with Gasteiger partial charge < -0.3 is 36.3 Å². The summed E-state index contributed by atoms with van der Waals surface area (Å²) >= 11 is 4.54. The number of hydrogen-bond acceptors (Lipinski definition) is 15. The molecule has 7 N–H and O–H groups in total. The highest BCUT2D eigenvalue weighted by Gasteiger charge is 2.54. The Kier molecular flexibility index (Phi) is 9.31. The lowest BCUT2D eigenvalue weighted by molar-refractivity contribution is -0.150. The smallest absolute Gasteiger partial charge is 0.356 e. The maximum Gasteiger partial charge on any atom is 0.356 e. The predicted octanol–water partition coefficient (Wildman–Crippen LogP) is 3.15. The third kappa shape index (κ3) is 6.60. The Bertz CT molecular complexity index is 1830. The second kappa shape index (κ2) is 13.4. The van der Waals surface area contributed by atoms with Crippen LogP contribution in [-0.2, 0) is 19.2 Å². The Balaban J connectivity index is 1.17. The molecule has 2 amide bonds. The number of nitrogen functional groups attached to an aromatic ring is 1. The molecule has 2 atom stereocenters. The molecule has 1 saturated carbocycles. The van der Waals surface area contributed by atoms with Gasteiger partial charge in [0.2, 0.25) is 0 Å². The summed E-state index contributed by atoms with van der Waals surface area (Å²) in [5, 5.41) is 47.1. The van der Waals surface area contributed by atoms with Crippen molar-refractivity contribution in [2.45, 2.75) is 47.5 Å². The zero-order valence-corrected chi connectivity index (χ0v) is 27.4. The molecule has 2 aliphatic heterocycles. The number of nitrogens with one attached hydrogen (secondary N) is 1. The molecule has 19 heteroatoms. The van der Waals surface area contributed by atoms with Crippen molar-refractivity contribution in [3.05, 3.63) is 46.2 Å². The zero-order chi connectivity index (χ0) is 33.4. The first kappa shape index (κ1) is 32.6. The van der Waals surface area contributed by atoms with E-state index in [4.69, 9.17) is 10.6 Å². The number of fused-ring (bicyclic) bond motifs is 1. The van der Waals surface area contributed by atoms with Crippen molar-refractivity contribution in [3.8, 4) is 21.9 Å². The first-order chi connectivity index (χ1) is 22.5. The number of benzene rings is 1. The Labute approximate surface area is 282 Å². The van der Waals surface area contributed by atoms with Crippen molar-refractivity contribution in [2.75, 3.05) is 17.2 Å². The molecule has 15 nitrogen and oxygen atoms in total. The first-order valence-corrected chi connectivity index (χ1v) is 17.8. The lowest BCUT2D eigenvalue weighted by atomic mass is 10.0. The van der Waals surface area contributed by atoms with Gasteiger partial charge in [-0.05, 0) is 55.0 Å². The number of thiazole rings is 2. The van der Waals surface area contributed by atoms with Gasteiger partial charge in [0, 0.05) is 16.9 Å². The van der Waals surface area contributed by atoms with Crippen LogP contribution in [0.5, 0.6) is 11.5 Å². The molecular weight excluding hydrogens is 693 g/mol. The van der Waals surface area contributed by atoms with Crippen LogP contribution in [0.25, 0.3) is 10.4 Å². The lowest BCUT2D eigenvalue weighted by Crippen LogP contribution is -2.71. The van der Waals surface area contributed by atoms with E-state index in [1.807, 2.05) is 0 Å². The number of anilines is 1. The third-order valence-corrected chi connectivity index (χ3v) is 11.9. The minimum atomic E-state index is -1.32. The second-order valence-corrected chi connectivity index (χ2v) is 14.8. The predicted molar refractivity (Wildman–Crippen MR) is 175 cm³/mol. The maximum atomic E-state index is 13.4. The zero-order valence-electron chi connectivity index (χ0n) is 24.1. The summed E-state index contributed by atoms with van der Waals surface area (Å²) in [6.45, 7) is 0. The standard InChI is InChI=1S/C28H26N6O9S4/c29-27-30-14(10-45-27)17(33-43-13-3-1-2-4-13)22(37)31-19-23(38)34-20(26(41)42)12(8-44-24(19)34)9-46-28-32-18(25(39)40)21(47-28)11-5-6-15(35)16(36)7-11/h5-7,10,13,19,24,35-36H,1-4,8-9H2,(H2,29,30)(H,31,37)(H,39,40)(H,41,42)/t19-,24-/m1/s1. The average molecular weight is 719 g/mol. The van der Waals surface area contributed by atoms with Gasteiger partial charge in [-0.3, -0.25) is 14.5 Å². The van der Waals surface area contributed by atoms with E-state index in [1.165, 1.54) is 30.0 Å². The van der Waals surface area contributed by atoms with E-state index in [9.17, 15) is 39.6 Å². The van der Waals surface area contributed by atoms with E-state index < -0.39 is 40.9 Å². The van der Waals surface area contributed by atoms with E-state index in [2.05, 4.69) is 20.4 Å². The minimum Gasteiger partial charge on any atom is -0.504 e. The van der Waals surface area contributed by atoms with Crippen molar-refractivity contribution < 1.29 is 44.4 Å². The van der Waals surface area contributed by atoms with E-state index in [0.29, 0.717) is 15.5 Å². The molecule has 6 rings (SSSR count). The molecule has 3 aromatic rings. The van der Waals surface area contributed by atoms with Gasteiger partial charge >= 0.3 is 11.9 Å². The number of thioether (sulfide) groups is 2. The molecule has 1 aromatic carbocycles. The number of aromatic carboxylic acids is 1. The quantitative estimate of drug-likeness (QED) is 0.0549. The Morgan fingerprint density at radius 3 is 2.55 bits per heavy atom. The van der Waals surface area contributed by atoms with Gasteiger partial charge in [0.25, 0.3) is 11.8 Å². The number of aromatic nitrogens is 2. The summed E-state index contributed by atoms with van der Waals surface area (Å²) in [6, 6.07) is 2.88. The Morgan fingerprint density at radius 1 is 1.13 bits per heavy atom. The average Bonchev–Trinajstić information content (AvgIpc) is 3.81. The van der Waals surface area contributed by atoms with Crippen LogP contribution in [0.15, 0.2) is 44.3 Å². The number of β-lactam (4-membered cyclic amide) rings is 1. The SMILES string of the molecule is Nc1nc(C(=NOC2CCCC2)C(=O)N[C@@H]2C(=O)N3C(C(=O)O)=C(CSc4nc(C(=O)O)c(-c5ccc(O)c(O)c5)s4)CS[C@H]23)cs1. The van der Waals surface area contributed by atoms with Gasteiger partial charge in [0.1, 0.15) is 28.9 Å². The number of rotatable bonds is 11. The number of nitrogens with two attached hydrogens (primary N) is 1. The summed E-state index contributed by atoms with van der Waals surface area (Å²) in [7, 11) is 0. The summed E-state index contributed by atoms with van der Waals surface area (Å²) in [5.41, 5.74) is 6.12. The summed E-state index contributed by atoms with van der Waals surface area (Å²) in [4.78, 5) is 66.2. The Morgan fingerprint density at radius 2 is 1.89 bits per heavy atom. The number of phenols is 2. The molecule has 0 bridgehead atoms. The molecule has 1 aliphatic carbocycles. The van der Waals surface area contributed by atoms with Crippen molar-refractivity contribution in [1.29, 1.82) is 0 Å². The van der Waals surface area contributed by atoms with Gasteiger partial charge in [-0.15, -0.1) is 34.4 Å². The monoisotopic (exact) mass is 718 g/mol. The number of carboxylic acid groups (broad SMARTS) is 2. The number of carbonyl (C=O) groups is 4. The number of hydrogen-bond donors (Lipinski definition) is 6. The number of aromatic hydroxyl groups is 2. The number of carboxylic acids is 2. The van der Waals surface area contributed by atoms with Crippen molar-refractivity contribution in [3.63, 3.8) is 0 Å². The number of oxime groups is 1. The number of aliphatic carboxylic acids is 1. The molecule has 0 radical (unpaired) electrons. The summed E-state index contributed by atoms with van der Waals surface area (Å²) in [6.07, 6.45) is 3.48. The fraction of sp³-hybridized carbons (Fsp3) is 0.321. The Hall–Kier alpha value is -4.33. The molecule has 1 saturated heterocycles. The molecule has 2 aromatic heterocycles. The third-order valence-electron chi connectivity index (χ3n) is 7.53. The van der Waals surface area contributed by atoms with E-state index in [1.54, 1.807) is 5.38 Å². The van der Waals surface area contributed by atoms with Gasteiger partial charge in [-0.2, -0.15) is 0 Å². The second-order valence-electron chi connectivity index (χ2n) is 10.6. The normalized spacial score (nSPS) is 19.8. The first-order valence-electron chi connectivity index (χ1n) is 14.1. The van der Waals surface area contributed by atoms with Crippen LogP contribution < -0.4 is 11.1 Å². The van der Waals surface area contributed by atoms with E-state index in [0.717, 1.165) is 65.0 Å². The van der Waals surface area contributed by atoms with Crippen molar-refractivity contribution in [1.82, 2.24) is 20.2 Å². The van der Waals surface area contributed by atoms with Crippen LogP contribution in [0.4, 0.5) is 5.13 Å². The topological polar surface area (TPSA) is 238 Å². The molecule has 47 heavy (non-hydrogen) atoms. The number of nitrogens with zero attached hydrogens (tertiary/aromatic N) is 4. The molecular formula is C28H26N6O9S4. The highest BCUT2D eigenvalue weighted by Crippen LogP contribution is 2.43. The van der Waals surface area contributed by atoms with Crippen molar-refractivity contribution in [2.24, 2.45) is 5.16 Å². The van der Waals surface area contributed by atoms with Crippen LogP contribution in [0.3, 0.4) is 0 Å². The number of carbonyl (C=O) groups excluding carboxylic acids is 2. The molecule has 246 valence electrons. The molecule has 3 aliphatic rings. The van der Waals surface area contributed by atoms with Crippen LogP contribution in [0.1, 0.15) is 41.9 Å². The van der Waals surface area contributed by atoms with Crippen LogP contribution in [-0.4, -0.2) is 93.8 Å². The van der Waals surface area contributed by atoms with Crippen LogP contribution in [0, 0.1) is 0 Å². The van der Waals surface area contributed by atoms with Crippen LogP contribution >= 0.6 is 46.2 Å². The van der Waals surface area contributed by atoms with Gasteiger partial charge in [-0.1, -0.05) is 16.9 Å². The highest BCUT2D eigenvalue weighted by molar-refractivity contribution is 8.02. The summed E-state index contributed by atoms with van der Waals surface area (Å²) < 4.78 is 0.323. The fourth-order valence-electron chi connectivity index (χ4n) is 5.24. The van der Waals surface area contributed by atoms with Crippen LogP contribution in [0.2, 0.25) is 0 Å². The van der Waals surface area contributed by atoms with Gasteiger partial charge in [0.15, 0.2) is 32.4 Å². The lowest BCUT2D eigenvalue weighted by Gasteiger charge is -2.49. The van der Waals surface area contributed by atoms with E-state index >= 15 is 0 Å². The minimum absolute atomic E-state index is 0.0928. The number of phenolic OH excluding ortho intramolecular Hbond substituents is 2. The molecule has 0 unspecified atom stereocenters. The largest absolute Gasteiger partial charge is 0.504 e. The maximum absolute atomic E-state index is 13.4. The van der Waals surface area contributed by atoms with Crippen molar-refractivity contribution >= 4 is 80.8 Å². The molecule has 0 spiro atoms. The van der Waals surface area contributed by atoms with Gasteiger partial charge in [0.05, 0.1) is 4.88 Å². The fourth-order valence-corrected chi connectivity index (χ4v) is 9.41.